The lowest BCUT2D eigenvalue weighted by atomic mass is 9.84. The fraction of sp³-hybridized carbons (Fsp3) is 0.600. The Hall–Kier alpha value is -1.13. The standard InChI is InChI=1S/C15H21ClN2O2/c1-11(12-5-3-2-4-6-12)17-10-13-9-14(18(19)20)7-8-15(13)16/h7-9,11-12,17H,2-6,10H2,1H3/t11-/m0/s1. The van der Waals surface area contributed by atoms with Crippen molar-refractivity contribution in [1.29, 1.82) is 0 Å². The van der Waals surface area contributed by atoms with Crippen molar-refractivity contribution in [2.75, 3.05) is 0 Å². The molecule has 0 aromatic heterocycles. The van der Waals surface area contributed by atoms with Crippen LogP contribution in [0.5, 0.6) is 0 Å². The van der Waals surface area contributed by atoms with Crippen LogP contribution in [-0.4, -0.2) is 11.0 Å². The summed E-state index contributed by atoms with van der Waals surface area (Å²) in [4.78, 5) is 10.4. The first kappa shape index (κ1) is 15.3. The fourth-order valence-electron chi connectivity index (χ4n) is 2.88. The number of nitrogens with zero attached hydrogens (tertiary/aromatic N) is 1. The number of nitrogens with one attached hydrogen (secondary N) is 1. The molecule has 0 unspecified atom stereocenters. The average molecular weight is 297 g/mol. The van der Waals surface area contributed by atoms with Crippen molar-refractivity contribution >= 4 is 17.3 Å². The second kappa shape index (κ2) is 7.04. The van der Waals surface area contributed by atoms with Gasteiger partial charge in [-0.2, -0.15) is 0 Å². The summed E-state index contributed by atoms with van der Waals surface area (Å²) < 4.78 is 0. The van der Waals surface area contributed by atoms with Gasteiger partial charge in [0, 0.05) is 29.7 Å². The second-order valence-electron chi connectivity index (χ2n) is 5.60. The minimum Gasteiger partial charge on any atom is -0.310 e. The van der Waals surface area contributed by atoms with E-state index in [4.69, 9.17) is 11.6 Å². The summed E-state index contributed by atoms with van der Waals surface area (Å²) in [7, 11) is 0. The first-order valence-corrected chi connectivity index (χ1v) is 7.62. The van der Waals surface area contributed by atoms with Gasteiger partial charge < -0.3 is 5.32 Å². The molecule has 4 nitrogen and oxygen atoms in total. The lowest BCUT2D eigenvalue weighted by Crippen LogP contribution is -2.34. The van der Waals surface area contributed by atoms with E-state index in [1.54, 1.807) is 12.1 Å². The van der Waals surface area contributed by atoms with Gasteiger partial charge in [0.2, 0.25) is 0 Å². The second-order valence-corrected chi connectivity index (χ2v) is 6.01. The Bertz CT molecular complexity index is 473. The molecule has 0 spiro atoms. The van der Waals surface area contributed by atoms with Crippen LogP contribution in [0.25, 0.3) is 0 Å². The molecule has 5 heteroatoms. The molecule has 110 valence electrons. The third-order valence-corrected chi connectivity index (χ3v) is 4.58. The largest absolute Gasteiger partial charge is 0.310 e. The Balaban J connectivity index is 1.95. The predicted octanol–water partition coefficient (Wildman–Crippen LogP) is 4.31. The molecule has 0 amide bonds. The molecule has 0 saturated heterocycles. The van der Waals surface area contributed by atoms with Crippen molar-refractivity contribution in [3.8, 4) is 0 Å². The molecule has 20 heavy (non-hydrogen) atoms. The maximum atomic E-state index is 10.8. The van der Waals surface area contributed by atoms with Gasteiger partial charge in [0.25, 0.3) is 5.69 Å². The van der Waals surface area contributed by atoms with E-state index in [-0.39, 0.29) is 10.6 Å². The van der Waals surface area contributed by atoms with Crippen molar-refractivity contribution in [3.05, 3.63) is 38.9 Å². The monoisotopic (exact) mass is 296 g/mol. The van der Waals surface area contributed by atoms with Crippen LogP contribution in [0, 0.1) is 16.0 Å². The van der Waals surface area contributed by atoms with Crippen LogP contribution in [0.4, 0.5) is 5.69 Å². The van der Waals surface area contributed by atoms with Gasteiger partial charge in [-0.3, -0.25) is 10.1 Å². The van der Waals surface area contributed by atoms with Crippen molar-refractivity contribution in [1.82, 2.24) is 5.32 Å². The molecule has 1 aliphatic carbocycles. The lowest BCUT2D eigenvalue weighted by Gasteiger charge is -2.28. The highest BCUT2D eigenvalue weighted by atomic mass is 35.5. The summed E-state index contributed by atoms with van der Waals surface area (Å²) in [6.45, 7) is 2.78. The van der Waals surface area contributed by atoms with Gasteiger partial charge in [-0.05, 0) is 37.3 Å². The zero-order valence-corrected chi connectivity index (χ0v) is 12.5. The number of benzene rings is 1. The first-order valence-electron chi connectivity index (χ1n) is 7.24. The number of hydrogen-bond donors (Lipinski definition) is 1. The van der Waals surface area contributed by atoms with E-state index in [0.29, 0.717) is 23.5 Å². The predicted molar refractivity (Wildman–Crippen MR) is 81.0 cm³/mol. The number of halogens is 1. The van der Waals surface area contributed by atoms with Gasteiger partial charge in [0.1, 0.15) is 0 Å². The Labute approximate surface area is 124 Å². The summed E-state index contributed by atoms with van der Waals surface area (Å²) in [6.07, 6.45) is 6.52. The minimum atomic E-state index is -0.385. The summed E-state index contributed by atoms with van der Waals surface area (Å²) in [6, 6.07) is 5.02. The highest BCUT2D eigenvalue weighted by molar-refractivity contribution is 6.31. The van der Waals surface area contributed by atoms with Crippen LogP contribution in [-0.2, 0) is 6.54 Å². The van der Waals surface area contributed by atoms with Gasteiger partial charge in [-0.25, -0.2) is 0 Å². The molecular weight excluding hydrogens is 276 g/mol. The Kier molecular flexibility index (Phi) is 5.38. The Morgan fingerprint density at radius 2 is 2.10 bits per heavy atom. The maximum absolute atomic E-state index is 10.8. The van der Waals surface area contributed by atoms with Gasteiger partial charge >= 0.3 is 0 Å². The van der Waals surface area contributed by atoms with E-state index in [9.17, 15) is 10.1 Å². The normalized spacial score (nSPS) is 17.9. The van der Waals surface area contributed by atoms with E-state index < -0.39 is 0 Å². The maximum Gasteiger partial charge on any atom is 0.269 e. The third-order valence-electron chi connectivity index (χ3n) is 4.21. The van der Waals surface area contributed by atoms with Gasteiger partial charge in [0.15, 0.2) is 0 Å². The number of non-ortho nitro benzene ring substituents is 1. The van der Waals surface area contributed by atoms with Crippen LogP contribution < -0.4 is 5.32 Å². The molecule has 0 bridgehead atoms. The van der Waals surface area contributed by atoms with Crippen molar-refractivity contribution in [2.24, 2.45) is 5.92 Å². The minimum absolute atomic E-state index is 0.0940. The van der Waals surface area contributed by atoms with Gasteiger partial charge in [-0.1, -0.05) is 30.9 Å². The van der Waals surface area contributed by atoms with Gasteiger partial charge in [-0.15, -0.1) is 0 Å². The Morgan fingerprint density at radius 1 is 1.40 bits per heavy atom. The Morgan fingerprint density at radius 3 is 2.75 bits per heavy atom. The number of nitro benzene ring substituents is 1. The molecule has 1 aromatic rings. The smallest absolute Gasteiger partial charge is 0.269 e. The molecule has 1 N–H and O–H groups in total. The summed E-state index contributed by atoms with van der Waals surface area (Å²) in [5.41, 5.74) is 0.889. The van der Waals surface area contributed by atoms with E-state index >= 15 is 0 Å². The molecule has 1 saturated carbocycles. The molecule has 2 rings (SSSR count). The average Bonchev–Trinajstić information content (AvgIpc) is 2.46. The summed E-state index contributed by atoms with van der Waals surface area (Å²) >= 11 is 6.11. The molecular formula is C15H21ClN2O2. The molecule has 0 heterocycles. The van der Waals surface area contributed by atoms with Crippen LogP contribution in [0.2, 0.25) is 5.02 Å². The summed E-state index contributed by atoms with van der Waals surface area (Å²) in [5.74, 6) is 0.709. The SMILES string of the molecule is C[C@H](NCc1cc([N+](=O)[O-])ccc1Cl)C1CCCCC1. The van der Waals surface area contributed by atoms with Gasteiger partial charge in [0.05, 0.1) is 4.92 Å². The van der Waals surface area contributed by atoms with Crippen molar-refractivity contribution < 1.29 is 4.92 Å². The topological polar surface area (TPSA) is 55.2 Å². The number of rotatable bonds is 5. The number of nitro groups is 1. The molecule has 0 radical (unpaired) electrons. The van der Waals surface area contributed by atoms with Crippen molar-refractivity contribution in [3.63, 3.8) is 0 Å². The van der Waals surface area contributed by atoms with E-state index in [2.05, 4.69) is 12.2 Å². The van der Waals surface area contributed by atoms with Crippen molar-refractivity contribution in [2.45, 2.75) is 51.6 Å². The first-order chi connectivity index (χ1) is 9.58. The highest BCUT2D eigenvalue weighted by Gasteiger charge is 2.20. The van der Waals surface area contributed by atoms with E-state index in [0.717, 1.165) is 5.56 Å². The molecule has 0 aliphatic heterocycles. The van der Waals surface area contributed by atoms with E-state index in [1.807, 2.05) is 0 Å². The summed E-state index contributed by atoms with van der Waals surface area (Å²) in [5, 5.41) is 14.8. The molecule has 1 atom stereocenters. The molecule has 1 aromatic carbocycles. The van der Waals surface area contributed by atoms with Crippen LogP contribution in [0.15, 0.2) is 18.2 Å². The van der Waals surface area contributed by atoms with Crippen LogP contribution in [0.1, 0.15) is 44.6 Å². The highest BCUT2D eigenvalue weighted by Crippen LogP contribution is 2.27. The quantitative estimate of drug-likeness (QED) is 0.651. The lowest BCUT2D eigenvalue weighted by molar-refractivity contribution is -0.384. The zero-order valence-electron chi connectivity index (χ0n) is 11.8. The van der Waals surface area contributed by atoms with Crippen LogP contribution >= 0.6 is 11.6 Å². The van der Waals surface area contributed by atoms with E-state index in [1.165, 1.54) is 38.2 Å². The third kappa shape index (κ3) is 3.93. The zero-order chi connectivity index (χ0) is 14.5. The molecule has 1 aliphatic rings. The fourth-order valence-corrected chi connectivity index (χ4v) is 3.07. The molecule has 1 fully saturated rings. The number of hydrogen-bond acceptors (Lipinski definition) is 3. The van der Waals surface area contributed by atoms with Crippen LogP contribution in [0.3, 0.4) is 0 Å².